The van der Waals surface area contributed by atoms with E-state index in [0.717, 1.165) is 13.0 Å². The molecule has 0 radical (unpaired) electrons. The molecular weight excluding hydrogens is 276 g/mol. The maximum absolute atomic E-state index is 12.6. The summed E-state index contributed by atoms with van der Waals surface area (Å²) in [5.74, 6) is 0.611. The molecule has 0 aliphatic carbocycles. The molecule has 1 aromatic carbocycles. The smallest absolute Gasteiger partial charge is 0.257 e. The Kier molecular flexibility index (Phi) is 5.26. The fourth-order valence-electron chi connectivity index (χ4n) is 2.29. The molecular formula is C15H21ClN2O2. The Morgan fingerprint density at radius 1 is 1.55 bits per heavy atom. The first kappa shape index (κ1) is 15.1. The van der Waals surface area contributed by atoms with Crippen molar-refractivity contribution in [2.45, 2.75) is 26.3 Å². The minimum Gasteiger partial charge on any atom is -0.493 e. The third kappa shape index (κ3) is 3.64. The van der Waals surface area contributed by atoms with E-state index in [1.165, 1.54) is 0 Å². The van der Waals surface area contributed by atoms with Crippen LogP contribution in [0.3, 0.4) is 0 Å². The predicted octanol–water partition coefficient (Wildman–Crippen LogP) is 2.56. The van der Waals surface area contributed by atoms with Gasteiger partial charge >= 0.3 is 0 Å². The number of nitrogens with one attached hydrogen (secondary N) is 1. The summed E-state index contributed by atoms with van der Waals surface area (Å²) in [6, 6.07) is 5.54. The minimum atomic E-state index is -0.00745. The predicted molar refractivity (Wildman–Crippen MR) is 80.6 cm³/mol. The number of hydrogen-bond donors (Lipinski definition) is 1. The lowest BCUT2D eigenvalue weighted by Crippen LogP contribution is -2.51. The maximum atomic E-state index is 12.6. The average Bonchev–Trinajstić information content (AvgIpc) is 2.45. The molecule has 4 nitrogen and oxygen atoms in total. The molecule has 0 bridgehead atoms. The largest absolute Gasteiger partial charge is 0.493 e. The van der Waals surface area contributed by atoms with Crippen molar-refractivity contribution in [1.82, 2.24) is 10.2 Å². The van der Waals surface area contributed by atoms with Crippen molar-refractivity contribution in [3.63, 3.8) is 0 Å². The topological polar surface area (TPSA) is 41.6 Å². The van der Waals surface area contributed by atoms with Gasteiger partial charge in [0.15, 0.2) is 0 Å². The SMILES string of the molecule is CCCOc1ccc(Cl)cc1C(=O)N1CCNC(C)C1. The van der Waals surface area contributed by atoms with E-state index in [9.17, 15) is 4.79 Å². The number of carbonyl (C=O) groups is 1. The Labute approximate surface area is 125 Å². The molecule has 110 valence electrons. The molecule has 1 heterocycles. The van der Waals surface area contributed by atoms with E-state index >= 15 is 0 Å². The molecule has 1 saturated heterocycles. The first-order valence-electron chi connectivity index (χ1n) is 7.06. The van der Waals surface area contributed by atoms with E-state index in [1.807, 2.05) is 11.8 Å². The van der Waals surface area contributed by atoms with Gasteiger partial charge in [-0.2, -0.15) is 0 Å². The number of halogens is 1. The number of hydrogen-bond acceptors (Lipinski definition) is 3. The van der Waals surface area contributed by atoms with Crippen molar-refractivity contribution in [1.29, 1.82) is 0 Å². The van der Waals surface area contributed by atoms with Gasteiger partial charge < -0.3 is 15.0 Å². The summed E-state index contributed by atoms with van der Waals surface area (Å²) in [5.41, 5.74) is 0.556. The van der Waals surface area contributed by atoms with E-state index in [4.69, 9.17) is 16.3 Å². The number of piperazine rings is 1. The monoisotopic (exact) mass is 296 g/mol. The fourth-order valence-corrected chi connectivity index (χ4v) is 2.47. The lowest BCUT2D eigenvalue weighted by molar-refractivity contribution is 0.0704. The highest BCUT2D eigenvalue weighted by Crippen LogP contribution is 2.25. The van der Waals surface area contributed by atoms with Gasteiger partial charge in [0.1, 0.15) is 5.75 Å². The molecule has 20 heavy (non-hydrogen) atoms. The first-order valence-corrected chi connectivity index (χ1v) is 7.44. The van der Waals surface area contributed by atoms with Gasteiger partial charge in [-0.15, -0.1) is 0 Å². The van der Waals surface area contributed by atoms with Gasteiger partial charge in [-0.25, -0.2) is 0 Å². The zero-order chi connectivity index (χ0) is 14.5. The van der Waals surface area contributed by atoms with Crippen LogP contribution in [-0.4, -0.2) is 43.1 Å². The lowest BCUT2D eigenvalue weighted by atomic mass is 10.1. The molecule has 1 aromatic rings. The first-order chi connectivity index (χ1) is 9.61. The van der Waals surface area contributed by atoms with Crippen molar-refractivity contribution in [3.8, 4) is 5.75 Å². The van der Waals surface area contributed by atoms with Crippen LogP contribution in [0.15, 0.2) is 18.2 Å². The summed E-state index contributed by atoms with van der Waals surface area (Å²) < 4.78 is 5.66. The second kappa shape index (κ2) is 6.95. The van der Waals surface area contributed by atoms with Gasteiger partial charge in [-0.3, -0.25) is 4.79 Å². The molecule has 1 amide bonds. The molecule has 1 N–H and O–H groups in total. The van der Waals surface area contributed by atoms with E-state index in [1.54, 1.807) is 18.2 Å². The Bertz CT molecular complexity index is 479. The lowest BCUT2D eigenvalue weighted by Gasteiger charge is -2.32. The number of benzene rings is 1. The maximum Gasteiger partial charge on any atom is 0.257 e. The van der Waals surface area contributed by atoms with Crippen molar-refractivity contribution in [3.05, 3.63) is 28.8 Å². The summed E-state index contributed by atoms with van der Waals surface area (Å²) in [6.45, 7) is 6.95. The summed E-state index contributed by atoms with van der Waals surface area (Å²) >= 11 is 6.02. The number of rotatable bonds is 4. The van der Waals surface area contributed by atoms with Crippen LogP contribution in [0.2, 0.25) is 5.02 Å². The van der Waals surface area contributed by atoms with Crippen LogP contribution in [0.5, 0.6) is 5.75 Å². The zero-order valence-electron chi connectivity index (χ0n) is 12.0. The molecule has 0 saturated carbocycles. The standard InChI is InChI=1S/C15H21ClN2O2/c1-3-8-20-14-5-4-12(16)9-13(14)15(19)18-7-6-17-11(2)10-18/h4-5,9,11,17H,3,6-8,10H2,1-2H3. The molecule has 1 aliphatic heterocycles. The minimum absolute atomic E-state index is 0.00745. The zero-order valence-corrected chi connectivity index (χ0v) is 12.7. The fraction of sp³-hybridized carbons (Fsp3) is 0.533. The summed E-state index contributed by atoms with van der Waals surface area (Å²) in [7, 11) is 0. The third-order valence-electron chi connectivity index (χ3n) is 3.29. The molecule has 1 fully saturated rings. The third-order valence-corrected chi connectivity index (χ3v) is 3.52. The average molecular weight is 297 g/mol. The van der Waals surface area contributed by atoms with Crippen LogP contribution >= 0.6 is 11.6 Å². The van der Waals surface area contributed by atoms with Crippen LogP contribution in [-0.2, 0) is 0 Å². The van der Waals surface area contributed by atoms with Crippen LogP contribution < -0.4 is 10.1 Å². The molecule has 0 spiro atoms. The van der Waals surface area contributed by atoms with E-state index < -0.39 is 0 Å². The van der Waals surface area contributed by atoms with Gasteiger partial charge in [0, 0.05) is 30.7 Å². The second-order valence-corrected chi connectivity index (χ2v) is 5.53. The Morgan fingerprint density at radius 3 is 3.05 bits per heavy atom. The molecule has 1 unspecified atom stereocenters. The molecule has 1 atom stereocenters. The highest BCUT2D eigenvalue weighted by atomic mass is 35.5. The molecule has 1 aliphatic rings. The number of nitrogens with zero attached hydrogens (tertiary/aromatic N) is 1. The normalized spacial score (nSPS) is 18.9. The van der Waals surface area contributed by atoms with Crippen LogP contribution in [0, 0.1) is 0 Å². The highest BCUT2D eigenvalue weighted by Gasteiger charge is 2.24. The summed E-state index contributed by atoms with van der Waals surface area (Å²) in [5, 5.41) is 3.88. The van der Waals surface area contributed by atoms with Crippen LogP contribution in [0.4, 0.5) is 0 Å². The quantitative estimate of drug-likeness (QED) is 0.928. The van der Waals surface area contributed by atoms with Gasteiger partial charge in [0.05, 0.1) is 12.2 Å². The van der Waals surface area contributed by atoms with Crippen molar-refractivity contribution in [2.24, 2.45) is 0 Å². The van der Waals surface area contributed by atoms with Gasteiger partial charge in [-0.05, 0) is 31.5 Å². The Morgan fingerprint density at radius 2 is 2.35 bits per heavy atom. The number of ether oxygens (including phenoxy) is 1. The Hall–Kier alpha value is -1.26. The number of carbonyl (C=O) groups excluding carboxylic acids is 1. The molecule has 5 heteroatoms. The van der Waals surface area contributed by atoms with Crippen molar-refractivity contribution < 1.29 is 9.53 Å². The van der Waals surface area contributed by atoms with Crippen LogP contribution in [0.25, 0.3) is 0 Å². The Balaban J connectivity index is 2.20. The van der Waals surface area contributed by atoms with Gasteiger partial charge in [0.2, 0.25) is 0 Å². The summed E-state index contributed by atoms with van der Waals surface area (Å²) in [6.07, 6.45) is 0.904. The van der Waals surface area contributed by atoms with Gasteiger partial charge in [-0.1, -0.05) is 18.5 Å². The van der Waals surface area contributed by atoms with E-state index in [-0.39, 0.29) is 5.91 Å². The van der Waals surface area contributed by atoms with Crippen molar-refractivity contribution in [2.75, 3.05) is 26.2 Å². The van der Waals surface area contributed by atoms with E-state index in [2.05, 4.69) is 12.2 Å². The second-order valence-electron chi connectivity index (χ2n) is 5.10. The molecule has 2 rings (SSSR count). The van der Waals surface area contributed by atoms with Crippen LogP contribution in [0.1, 0.15) is 30.6 Å². The summed E-state index contributed by atoms with van der Waals surface area (Å²) in [4.78, 5) is 14.5. The van der Waals surface area contributed by atoms with Crippen molar-refractivity contribution >= 4 is 17.5 Å². The number of amides is 1. The van der Waals surface area contributed by atoms with E-state index in [0.29, 0.717) is 42.1 Å². The van der Waals surface area contributed by atoms with Gasteiger partial charge in [0.25, 0.3) is 5.91 Å². The molecule has 0 aromatic heterocycles. The highest BCUT2D eigenvalue weighted by molar-refractivity contribution is 6.31.